The van der Waals surface area contributed by atoms with Gasteiger partial charge in [0.2, 0.25) is 0 Å². The molecule has 2 heteroatoms. The van der Waals surface area contributed by atoms with Crippen molar-refractivity contribution in [2.24, 2.45) is 0 Å². The van der Waals surface area contributed by atoms with Gasteiger partial charge in [-0.05, 0) is 24.3 Å². The van der Waals surface area contributed by atoms with Crippen LogP contribution in [0.4, 0.5) is 0 Å². The molecule has 0 saturated carbocycles. The molecular weight excluding hydrogens is 288 g/mol. The van der Waals surface area contributed by atoms with Gasteiger partial charge >= 0.3 is 0 Å². The fraction of sp³-hybridized carbons (Fsp3) is 0.375. The number of hydrogen-bond acceptors (Lipinski definition) is 1. The molecule has 0 saturated heterocycles. The molecule has 0 atom stereocenters. The molecule has 0 N–H and O–H groups in total. The van der Waals surface area contributed by atoms with Gasteiger partial charge in [-0.25, -0.2) is 0 Å². The van der Waals surface area contributed by atoms with Crippen LogP contribution in [0.1, 0.15) is 25.7 Å². The van der Waals surface area contributed by atoms with Crippen molar-refractivity contribution in [3.63, 3.8) is 0 Å². The Bertz CT molecular complexity index is 476. The van der Waals surface area contributed by atoms with Crippen LogP contribution in [0.25, 0.3) is 10.8 Å². The molecule has 0 aliphatic rings. The average molecular weight is 307 g/mol. The summed E-state index contributed by atoms with van der Waals surface area (Å²) in [6, 6.07) is 14.6. The van der Waals surface area contributed by atoms with Gasteiger partial charge in [0.1, 0.15) is 5.75 Å². The SMILES string of the molecule is BrCCCCCCOc1cccc2ccccc12. The first kappa shape index (κ1) is 13.4. The lowest BCUT2D eigenvalue weighted by molar-refractivity contribution is 0.308. The summed E-state index contributed by atoms with van der Waals surface area (Å²) in [4.78, 5) is 0. The van der Waals surface area contributed by atoms with Crippen LogP contribution in [0.15, 0.2) is 42.5 Å². The van der Waals surface area contributed by atoms with E-state index in [0.717, 1.165) is 24.1 Å². The van der Waals surface area contributed by atoms with Crippen molar-refractivity contribution in [3.8, 4) is 5.75 Å². The minimum Gasteiger partial charge on any atom is -0.493 e. The molecule has 0 fully saturated rings. The molecule has 0 spiro atoms. The molecule has 96 valence electrons. The topological polar surface area (TPSA) is 9.23 Å². The molecular formula is C16H19BrO. The highest BCUT2D eigenvalue weighted by atomic mass is 79.9. The highest BCUT2D eigenvalue weighted by molar-refractivity contribution is 9.09. The second-order valence-corrected chi connectivity index (χ2v) is 5.22. The van der Waals surface area contributed by atoms with E-state index < -0.39 is 0 Å². The van der Waals surface area contributed by atoms with Gasteiger partial charge in [0, 0.05) is 10.7 Å². The van der Waals surface area contributed by atoms with Crippen LogP contribution < -0.4 is 4.74 Å². The summed E-state index contributed by atoms with van der Waals surface area (Å²) in [7, 11) is 0. The quantitative estimate of drug-likeness (QED) is 0.506. The van der Waals surface area contributed by atoms with Crippen molar-refractivity contribution < 1.29 is 4.74 Å². The Labute approximate surface area is 117 Å². The molecule has 0 radical (unpaired) electrons. The average Bonchev–Trinajstić information content (AvgIpc) is 2.43. The molecule has 0 aromatic heterocycles. The van der Waals surface area contributed by atoms with E-state index in [4.69, 9.17) is 4.74 Å². The number of alkyl halides is 1. The van der Waals surface area contributed by atoms with Crippen molar-refractivity contribution in [1.29, 1.82) is 0 Å². The smallest absolute Gasteiger partial charge is 0.127 e. The molecule has 0 bridgehead atoms. The van der Waals surface area contributed by atoms with E-state index in [2.05, 4.69) is 58.4 Å². The van der Waals surface area contributed by atoms with Crippen LogP contribution in [0.3, 0.4) is 0 Å². The number of fused-ring (bicyclic) bond motifs is 1. The lowest BCUT2D eigenvalue weighted by Gasteiger charge is -2.09. The van der Waals surface area contributed by atoms with E-state index in [1.54, 1.807) is 0 Å². The van der Waals surface area contributed by atoms with Crippen molar-refractivity contribution >= 4 is 26.7 Å². The summed E-state index contributed by atoms with van der Waals surface area (Å²) in [6.07, 6.45) is 4.92. The Balaban J connectivity index is 1.88. The third kappa shape index (κ3) is 3.74. The maximum atomic E-state index is 5.89. The van der Waals surface area contributed by atoms with Gasteiger partial charge in [-0.1, -0.05) is 65.2 Å². The summed E-state index contributed by atoms with van der Waals surface area (Å²) >= 11 is 3.45. The largest absolute Gasteiger partial charge is 0.493 e. The molecule has 0 heterocycles. The first-order chi connectivity index (χ1) is 8.92. The Morgan fingerprint density at radius 2 is 1.61 bits per heavy atom. The fourth-order valence-electron chi connectivity index (χ4n) is 2.05. The molecule has 0 aliphatic carbocycles. The van der Waals surface area contributed by atoms with Gasteiger partial charge in [0.15, 0.2) is 0 Å². The Morgan fingerprint density at radius 3 is 2.50 bits per heavy atom. The second kappa shape index (κ2) is 7.42. The summed E-state index contributed by atoms with van der Waals surface area (Å²) in [5.74, 6) is 1.01. The highest BCUT2D eigenvalue weighted by Gasteiger charge is 2.00. The fourth-order valence-corrected chi connectivity index (χ4v) is 2.45. The van der Waals surface area contributed by atoms with Crippen LogP contribution in [0.2, 0.25) is 0 Å². The number of hydrogen-bond donors (Lipinski definition) is 0. The summed E-state index contributed by atoms with van der Waals surface area (Å²) in [5.41, 5.74) is 0. The number of benzene rings is 2. The van der Waals surface area contributed by atoms with Crippen molar-refractivity contribution in [3.05, 3.63) is 42.5 Å². The Morgan fingerprint density at radius 1 is 0.833 bits per heavy atom. The first-order valence-electron chi connectivity index (χ1n) is 6.58. The molecule has 2 aromatic rings. The van der Waals surface area contributed by atoms with Crippen LogP contribution in [-0.4, -0.2) is 11.9 Å². The van der Waals surface area contributed by atoms with Crippen molar-refractivity contribution in [1.82, 2.24) is 0 Å². The zero-order valence-electron chi connectivity index (χ0n) is 10.6. The molecule has 2 aromatic carbocycles. The predicted octanol–water partition coefficient (Wildman–Crippen LogP) is 5.17. The van der Waals surface area contributed by atoms with Gasteiger partial charge in [-0.3, -0.25) is 0 Å². The number of halogens is 1. The molecule has 0 aliphatic heterocycles. The zero-order chi connectivity index (χ0) is 12.6. The molecule has 0 unspecified atom stereocenters. The molecule has 18 heavy (non-hydrogen) atoms. The van der Waals surface area contributed by atoms with E-state index >= 15 is 0 Å². The van der Waals surface area contributed by atoms with Gasteiger partial charge in [0.25, 0.3) is 0 Å². The van der Waals surface area contributed by atoms with E-state index in [-0.39, 0.29) is 0 Å². The summed E-state index contributed by atoms with van der Waals surface area (Å²) in [6.45, 7) is 0.816. The van der Waals surface area contributed by atoms with Crippen molar-refractivity contribution in [2.45, 2.75) is 25.7 Å². The Hall–Kier alpha value is -1.02. The van der Waals surface area contributed by atoms with Crippen LogP contribution in [0.5, 0.6) is 5.75 Å². The number of ether oxygens (including phenoxy) is 1. The van der Waals surface area contributed by atoms with Gasteiger partial charge in [0.05, 0.1) is 6.61 Å². The third-order valence-electron chi connectivity index (χ3n) is 3.04. The predicted molar refractivity (Wildman–Crippen MR) is 81.7 cm³/mol. The monoisotopic (exact) mass is 306 g/mol. The molecule has 1 nitrogen and oxygen atoms in total. The number of rotatable bonds is 7. The Kier molecular flexibility index (Phi) is 5.53. The van der Waals surface area contributed by atoms with E-state index in [1.807, 2.05) is 0 Å². The number of unbranched alkanes of at least 4 members (excludes halogenated alkanes) is 3. The summed E-state index contributed by atoms with van der Waals surface area (Å²) < 4.78 is 5.89. The van der Waals surface area contributed by atoms with Gasteiger partial charge < -0.3 is 4.74 Å². The van der Waals surface area contributed by atoms with Crippen molar-refractivity contribution in [2.75, 3.05) is 11.9 Å². The first-order valence-corrected chi connectivity index (χ1v) is 7.70. The minimum atomic E-state index is 0.816. The molecule has 0 amide bonds. The van der Waals surface area contributed by atoms with Crippen LogP contribution in [-0.2, 0) is 0 Å². The normalized spacial score (nSPS) is 10.7. The standard InChI is InChI=1S/C16H19BrO/c17-12-5-1-2-6-13-18-16-11-7-9-14-8-3-4-10-15(14)16/h3-4,7-11H,1-2,5-6,12-13H2. The summed E-state index contributed by atoms with van der Waals surface area (Å²) in [5, 5.41) is 3.56. The maximum absolute atomic E-state index is 5.89. The van der Waals surface area contributed by atoms with Crippen LogP contribution in [0, 0.1) is 0 Å². The van der Waals surface area contributed by atoms with Crippen LogP contribution >= 0.6 is 15.9 Å². The van der Waals surface area contributed by atoms with E-state index in [0.29, 0.717) is 0 Å². The van der Waals surface area contributed by atoms with Gasteiger partial charge in [-0.15, -0.1) is 0 Å². The molecule has 2 rings (SSSR count). The lowest BCUT2D eigenvalue weighted by Crippen LogP contribution is -1.97. The van der Waals surface area contributed by atoms with E-state index in [1.165, 1.54) is 30.0 Å². The zero-order valence-corrected chi connectivity index (χ0v) is 12.2. The second-order valence-electron chi connectivity index (χ2n) is 4.43. The van der Waals surface area contributed by atoms with Gasteiger partial charge in [-0.2, -0.15) is 0 Å². The highest BCUT2D eigenvalue weighted by Crippen LogP contribution is 2.25. The van der Waals surface area contributed by atoms with E-state index in [9.17, 15) is 0 Å². The third-order valence-corrected chi connectivity index (χ3v) is 3.60. The lowest BCUT2D eigenvalue weighted by atomic mass is 10.1. The maximum Gasteiger partial charge on any atom is 0.127 e. The minimum absolute atomic E-state index is 0.816.